The third-order valence-corrected chi connectivity index (χ3v) is 3.26. The zero-order valence-electron chi connectivity index (χ0n) is 8.98. The van der Waals surface area contributed by atoms with Crippen LogP contribution in [0.2, 0.25) is 0 Å². The maximum Gasteiger partial charge on any atom is 0.268 e. The molecule has 0 aliphatic carbocycles. The summed E-state index contributed by atoms with van der Waals surface area (Å²) < 4.78 is 37.7. The van der Waals surface area contributed by atoms with Gasteiger partial charge in [-0.1, -0.05) is 0 Å². The van der Waals surface area contributed by atoms with Crippen molar-refractivity contribution in [1.82, 2.24) is 0 Å². The van der Waals surface area contributed by atoms with Gasteiger partial charge in [0.25, 0.3) is 9.05 Å². The maximum atomic E-state index is 11.4. The SMILES string of the molecule is COc1ccc(OC)c(S(=O)(=O)Cl)c1OC. The van der Waals surface area contributed by atoms with Crippen LogP contribution in [-0.2, 0) is 9.05 Å². The molecule has 1 aromatic rings. The van der Waals surface area contributed by atoms with Crippen LogP contribution in [0.5, 0.6) is 17.2 Å². The van der Waals surface area contributed by atoms with E-state index in [2.05, 4.69) is 0 Å². The molecule has 0 amide bonds. The highest BCUT2D eigenvalue weighted by molar-refractivity contribution is 8.14. The first-order valence-corrected chi connectivity index (χ1v) is 6.50. The molecule has 5 nitrogen and oxygen atoms in total. The predicted octanol–water partition coefficient (Wildman–Crippen LogP) is 1.64. The van der Waals surface area contributed by atoms with Crippen molar-refractivity contribution in [2.75, 3.05) is 21.3 Å². The van der Waals surface area contributed by atoms with Gasteiger partial charge in [-0.05, 0) is 12.1 Å². The molecular weight excluding hydrogens is 256 g/mol. The number of benzene rings is 1. The number of halogens is 1. The van der Waals surface area contributed by atoms with Gasteiger partial charge in [-0.25, -0.2) is 8.42 Å². The first-order chi connectivity index (χ1) is 7.45. The summed E-state index contributed by atoms with van der Waals surface area (Å²) in [6.07, 6.45) is 0. The Labute approximate surface area is 98.3 Å². The fourth-order valence-electron chi connectivity index (χ4n) is 1.27. The van der Waals surface area contributed by atoms with Crippen LogP contribution < -0.4 is 14.2 Å². The van der Waals surface area contributed by atoms with Crippen molar-refractivity contribution in [2.45, 2.75) is 4.90 Å². The smallest absolute Gasteiger partial charge is 0.268 e. The largest absolute Gasteiger partial charge is 0.495 e. The molecule has 0 aliphatic rings. The summed E-state index contributed by atoms with van der Waals surface area (Å²) in [6, 6.07) is 2.97. The Hall–Kier alpha value is -1.14. The molecule has 0 radical (unpaired) electrons. The van der Waals surface area contributed by atoms with E-state index in [4.69, 9.17) is 24.9 Å². The molecule has 0 saturated carbocycles. The molecule has 0 aliphatic heterocycles. The number of hydrogen-bond acceptors (Lipinski definition) is 5. The summed E-state index contributed by atoms with van der Waals surface area (Å²) in [5.74, 6) is 0.395. The highest BCUT2D eigenvalue weighted by Crippen LogP contribution is 2.41. The Balaban J connectivity index is 3.63. The molecule has 7 heteroatoms. The third kappa shape index (κ3) is 2.33. The van der Waals surface area contributed by atoms with Crippen molar-refractivity contribution in [2.24, 2.45) is 0 Å². The van der Waals surface area contributed by atoms with E-state index in [1.54, 1.807) is 0 Å². The molecule has 0 spiro atoms. The van der Waals surface area contributed by atoms with Gasteiger partial charge >= 0.3 is 0 Å². The number of rotatable bonds is 4. The van der Waals surface area contributed by atoms with Crippen LogP contribution in [0.1, 0.15) is 0 Å². The summed E-state index contributed by atoms with van der Waals surface area (Å²) >= 11 is 0. The lowest BCUT2D eigenvalue weighted by atomic mass is 10.3. The van der Waals surface area contributed by atoms with Gasteiger partial charge in [-0.15, -0.1) is 0 Å². The molecule has 0 unspecified atom stereocenters. The second-order valence-electron chi connectivity index (χ2n) is 2.77. The van der Waals surface area contributed by atoms with E-state index in [1.165, 1.54) is 33.5 Å². The summed E-state index contributed by atoms with van der Waals surface area (Å²) in [5.41, 5.74) is 0. The molecule has 0 fully saturated rings. The highest BCUT2D eigenvalue weighted by atomic mass is 35.7. The summed E-state index contributed by atoms with van der Waals surface area (Å²) in [6.45, 7) is 0. The Bertz CT molecular complexity index is 483. The van der Waals surface area contributed by atoms with Crippen LogP contribution in [0.4, 0.5) is 0 Å². The average Bonchev–Trinajstić information content (AvgIpc) is 2.25. The number of hydrogen-bond donors (Lipinski definition) is 0. The molecule has 0 heterocycles. The van der Waals surface area contributed by atoms with E-state index >= 15 is 0 Å². The molecule has 16 heavy (non-hydrogen) atoms. The van der Waals surface area contributed by atoms with Gasteiger partial charge < -0.3 is 14.2 Å². The van der Waals surface area contributed by atoms with E-state index in [9.17, 15) is 8.42 Å². The first kappa shape index (κ1) is 12.9. The molecule has 1 rings (SSSR count). The predicted molar refractivity (Wildman–Crippen MR) is 59.1 cm³/mol. The monoisotopic (exact) mass is 266 g/mol. The molecule has 0 aromatic heterocycles. The number of ether oxygens (including phenoxy) is 3. The zero-order valence-corrected chi connectivity index (χ0v) is 10.6. The number of methoxy groups -OCH3 is 3. The molecule has 0 bridgehead atoms. The van der Waals surface area contributed by atoms with Crippen LogP contribution in [0.15, 0.2) is 17.0 Å². The second kappa shape index (κ2) is 4.80. The van der Waals surface area contributed by atoms with Gasteiger partial charge in [0.15, 0.2) is 16.4 Å². The van der Waals surface area contributed by atoms with Crippen LogP contribution in [0.25, 0.3) is 0 Å². The van der Waals surface area contributed by atoms with Gasteiger partial charge in [0, 0.05) is 10.7 Å². The van der Waals surface area contributed by atoms with Crippen LogP contribution in [0, 0.1) is 0 Å². The lowest BCUT2D eigenvalue weighted by Crippen LogP contribution is -2.02. The summed E-state index contributed by atoms with van der Waals surface area (Å²) in [7, 11) is 5.39. The minimum atomic E-state index is -3.98. The quantitative estimate of drug-likeness (QED) is 0.776. The van der Waals surface area contributed by atoms with Crippen molar-refractivity contribution >= 4 is 19.7 Å². The van der Waals surface area contributed by atoms with E-state index in [-0.39, 0.29) is 22.1 Å². The van der Waals surface area contributed by atoms with E-state index in [0.717, 1.165) is 0 Å². The minimum absolute atomic E-state index is 0.0249. The van der Waals surface area contributed by atoms with Gasteiger partial charge in [0.2, 0.25) is 0 Å². The summed E-state index contributed by atoms with van der Waals surface area (Å²) in [5, 5.41) is 0. The molecule has 90 valence electrons. The van der Waals surface area contributed by atoms with Crippen molar-refractivity contribution in [3.63, 3.8) is 0 Å². The van der Waals surface area contributed by atoms with Crippen molar-refractivity contribution in [3.8, 4) is 17.2 Å². The first-order valence-electron chi connectivity index (χ1n) is 4.19. The van der Waals surface area contributed by atoms with Gasteiger partial charge in [0.1, 0.15) is 5.75 Å². The van der Waals surface area contributed by atoms with Crippen molar-refractivity contribution < 1.29 is 22.6 Å². The summed E-state index contributed by atoms with van der Waals surface area (Å²) in [4.78, 5) is -0.237. The maximum absolute atomic E-state index is 11.4. The van der Waals surface area contributed by atoms with Crippen molar-refractivity contribution in [1.29, 1.82) is 0 Å². The van der Waals surface area contributed by atoms with Crippen LogP contribution in [0.3, 0.4) is 0 Å². The van der Waals surface area contributed by atoms with Gasteiger partial charge in [-0.3, -0.25) is 0 Å². The fraction of sp³-hybridized carbons (Fsp3) is 0.333. The van der Waals surface area contributed by atoms with Crippen LogP contribution in [-0.4, -0.2) is 29.7 Å². The van der Waals surface area contributed by atoms with Crippen LogP contribution >= 0.6 is 10.7 Å². The Morgan fingerprint density at radius 1 is 1.00 bits per heavy atom. The third-order valence-electron chi connectivity index (χ3n) is 1.93. The molecular formula is C9H11ClO5S. The minimum Gasteiger partial charge on any atom is -0.495 e. The zero-order chi connectivity index (χ0) is 12.3. The lowest BCUT2D eigenvalue weighted by molar-refractivity contribution is 0.336. The van der Waals surface area contributed by atoms with Gasteiger partial charge in [-0.2, -0.15) is 0 Å². The molecule has 0 atom stereocenters. The molecule has 1 aromatic carbocycles. The highest BCUT2D eigenvalue weighted by Gasteiger charge is 2.25. The lowest BCUT2D eigenvalue weighted by Gasteiger charge is -2.13. The Morgan fingerprint density at radius 2 is 1.50 bits per heavy atom. The normalized spacial score (nSPS) is 11.0. The average molecular weight is 267 g/mol. The standard InChI is InChI=1S/C9H11ClO5S/c1-13-6-4-5-7(14-2)9(8(6)15-3)16(10,11)12/h4-5H,1-3H3. The van der Waals surface area contributed by atoms with Gasteiger partial charge in [0.05, 0.1) is 21.3 Å². The van der Waals surface area contributed by atoms with Crippen molar-refractivity contribution in [3.05, 3.63) is 12.1 Å². The van der Waals surface area contributed by atoms with E-state index in [1.807, 2.05) is 0 Å². The molecule has 0 saturated heterocycles. The molecule has 0 N–H and O–H groups in total. The fourth-order valence-corrected chi connectivity index (χ4v) is 2.51. The Morgan fingerprint density at radius 3 is 1.88 bits per heavy atom. The van der Waals surface area contributed by atoms with E-state index in [0.29, 0.717) is 0 Å². The van der Waals surface area contributed by atoms with E-state index < -0.39 is 9.05 Å². The Kier molecular flexibility index (Phi) is 3.88. The second-order valence-corrected chi connectivity index (χ2v) is 5.27. The topological polar surface area (TPSA) is 61.8 Å².